The fourth-order valence-electron chi connectivity index (χ4n) is 0.825. The summed E-state index contributed by atoms with van der Waals surface area (Å²) < 4.78 is 0. The summed E-state index contributed by atoms with van der Waals surface area (Å²) in [6, 6.07) is -0.435. The van der Waals surface area contributed by atoms with Crippen molar-refractivity contribution >= 4 is 11.7 Å². The van der Waals surface area contributed by atoms with Gasteiger partial charge in [-0.3, -0.25) is 9.78 Å². The minimum absolute atomic E-state index is 0.412. The highest BCUT2D eigenvalue weighted by molar-refractivity contribution is 5.82. The monoisotopic (exact) mass is 180 g/mol. The molecule has 5 heteroatoms. The number of carbonyl (C=O) groups is 1. The van der Waals surface area contributed by atoms with E-state index < -0.39 is 11.9 Å². The van der Waals surface area contributed by atoms with Gasteiger partial charge in [-0.25, -0.2) is 4.98 Å². The van der Waals surface area contributed by atoms with Crippen LogP contribution in [0.5, 0.6) is 0 Å². The quantitative estimate of drug-likeness (QED) is 0.689. The Morgan fingerprint density at radius 2 is 2.15 bits per heavy atom. The van der Waals surface area contributed by atoms with E-state index in [2.05, 4.69) is 15.3 Å². The van der Waals surface area contributed by atoms with Gasteiger partial charge in [0.2, 0.25) is 5.91 Å². The van der Waals surface area contributed by atoms with Crippen molar-refractivity contribution < 1.29 is 4.79 Å². The van der Waals surface area contributed by atoms with Crippen molar-refractivity contribution in [2.75, 3.05) is 5.32 Å². The number of carbonyl (C=O) groups excluding carboxylic acids is 1. The third-order valence-corrected chi connectivity index (χ3v) is 1.66. The first kappa shape index (κ1) is 9.44. The first-order valence-corrected chi connectivity index (χ1v) is 3.94. The van der Waals surface area contributed by atoms with Gasteiger partial charge in [0, 0.05) is 12.4 Å². The number of hydrogen-bond acceptors (Lipinski definition) is 4. The van der Waals surface area contributed by atoms with Gasteiger partial charge in [-0.05, 0) is 13.8 Å². The maximum absolute atomic E-state index is 10.7. The Hall–Kier alpha value is -1.65. The molecule has 1 aromatic heterocycles. The highest BCUT2D eigenvalue weighted by Crippen LogP contribution is 2.06. The van der Waals surface area contributed by atoms with Crippen LogP contribution in [0.2, 0.25) is 0 Å². The first-order chi connectivity index (χ1) is 6.11. The van der Waals surface area contributed by atoms with E-state index in [9.17, 15) is 4.79 Å². The summed E-state index contributed by atoms with van der Waals surface area (Å²) >= 11 is 0. The lowest BCUT2D eigenvalue weighted by molar-refractivity contribution is -0.118. The molecule has 0 aliphatic heterocycles. The number of rotatable bonds is 3. The second-order valence-electron chi connectivity index (χ2n) is 2.76. The smallest absolute Gasteiger partial charge is 0.239 e. The molecule has 0 aliphatic rings. The van der Waals surface area contributed by atoms with Crippen LogP contribution in [0.3, 0.4) is 0 Å². The van der Waals surface area contributed by atoms with Crippen molar-refractivity contribution in [1.82, 2.24) is 9.97 Å². The molecule has 13 heavy (non-hydrogen) atoms. The molecule has 0 bridgehead atoms. The van der Waals surface area contributed by atoms with E-state index in [0.29, 0.717) is 5.82 Å². The standard InChI is InChI=1S/C8H12N4O/c1-5(7(9)13)12-8-6(2)10-3-4-11-8/h3-5H,1-2H3,(H2,9,13)(H,11,12). The zero-order valence-corrected chi connectivity index (χ0v) is 7.61. The largest absolute Gasteiger partial charge is 0.368 e. The summed E-state index contributed by atoms with van der Waals surface area (Å²) in [5, 5.41) is 2.86. The summed E-state index contributed by atoms with van der Waals surface area (Å²) in [4.78, 5) is 18.8. The molecule has 5 nitrogen and oxygen atoms in total. The van der Waals surface area contributed by atoms with Gasteiger partial charge >= 0.3 is 0 Å². The summed E-state index contributed by atoms with van der Waals surface area (Å²) in [5.74, 6) is 0.179. The Morgan fingerprint density at radius 1 is 1.54 bits per heavy atom. The second kappa shape index (κ2) is 3.84. The van der Waals surface area contributed by atoms with Crippen LogP contribution < -0.4 is 11.1 Å². The number of primary amides is 1. The Kier molecular flexibility index (Phi) is 2.79. The lowest BCUT2D eigenvalue weighted by Crippen LogP contribution is -2.33. The fourth-order valence-corrected chi connectivity index (χ4v) is 0.825. The minimum atomic E-state index is -0.435. The number of aryl methyl sites for hydroxylation is 1. The van der Waals surface area contributed by atoms with Crippen LogP contribution >= 0.6 is 0 Å². The summed E-state index contributed by atoms with van der Waals surface area (Å²) in [5.41, 5.74) is 5.83. The predicted octanol–water partition coefficient (Wildman–Crippen LogP) is 0.0707. The summed E-state index contributed by atoms with van der Waals surface area (Å²) in [7, 11) is 0. The average Bonchev–Trinajstić information content (AvgIpc) is 2.08. The molecule has 0 aromatic carbocycles. The van der Waals surface area contributed by atoms with Gasteiger partial charge < -0.3 is 11.1 Å². The second-order valence-corrected chi connectivity index (χ2v) is 2.76. The number of aromatic nitrogens is 2. The summed E-state index contributed by atoms with van der Waals surface area (Å²) in [6.45, 7) is 3.49. The van der Waals surface area contributed by atoms with Crippen LogP contribution in [-0.2, 0) is 4.79 Å². The number of anilines is 1. The average molecular weight is 180 g/mol. The Balaban J connectivity index is 2.74. The molecule has 1 heterocycles. The zero-order valence-electron chi connectivity index (χ0n) is 7.61. The van der Waals surface area contributed by atoms with E-state index in [1.54, 1.807) is 19.3 Å². The molecule has 0 fully saturated rings. The molecule has 1 amide bonds. The maximum Gasteiger partial charge on any atom is 0.239 e. The van der Waals surface area contributed by atoms with Gasteiger partial charge in [-0.15, -0.1) is 0 Å². The Labute approximate surface area is 76.4 Å². The molecule has 0 aliphatic carbocycles. The number of nitrogens with two attached hydrogens (primary N) is 1. The lowest BCUT2D eigenvalue weighted by Gasteiger charge is -2.11. The highest BCUT2D eigenvalue weighted by atomic mass is 16.1. The van der Waals surface area contributed by atoms with Crippen LogP contribution in [0.15, 0.2) is 12.4 Å². The van der Waals surface area contributed by atoms with Crippen LogP contribution in [0.25, 0.3) is 0 Å². The van der Waals surface area contributed by atoms with E-state index >= 15 is 0 Å². The van der Waals surface area contributed by atoms with E-state index in [-0.39, 0.29) is 0 Å². The van der Waals surface area contributed by atoms with Crippen LogP contribution in [0.1, 0.15) is 12.6 Å². The van der Waals surface area contributed by atoms with E-state index in [1.165, 1.54) is 0 Å². The summed E-state index contributed by atoms with van der Waals surface area (Å²) in [6.07, 6.45) is 3.15. The van der Waals surface area contributed by atoms with Crippen molar-refractivity contribution in [2.45, 2.75) is 19.9 Å². The van der Waals surface area contributed by atoms with Crippen molar-refractivity contribution in [3.63, 3.8) is 0 Å². The molecule has 0 spiro atoms. The number of nitrogens with zero attached hydrogens (tertiary/aromatic N) is 2. The molecular weight excluding hydrogens is 168 g/mol. The van der Waals surface area contributed by atoms with Crippen LogP contribution in [0.4, 0.5) is 5.82 Å². The molecule has 1 rings (SSSR count). The number of amides is 1. The molecular formula is C8H12N4O. The third kappa shape index (κ3) is 2.40. The zero-order chi connectivity index (χ0) is 9.84. The van der Waals surface area contributed by atoms with Gasteiger partial charge in [0.25, 0.3) is 0 Å². The molecule has 3 N–H and O–H groups in total. The molecule has 1 atom stereocenters. The normalized spacial score (nSPS) is 12.2. The predicted molar refractivity (Wildman–Crippen MR) is 49.0 cm³/mol. The SMILES string of the molecule is Cc1nccnc1NC(C)C(N)=O. The van der Waals surface area contributed by atoms with Gasteiger partial charge in [0.05, 0.1) is 5.69 Å². The van der Waals surface area contributed by atoms with Gasteiger partial charge in [-0.1, -0.05) is 0 Å². The van der Waals surface area contributed by atoms with Gasteiger partial charge in [0.15, 0.2) is 0 Å². The molecule has 0 saturated carbocycles. The topological polar surface area (TPSA) is 80.9 Å². The lowest BCUT2D eigenvalue weighted by atomic mass is 10.3. The third-order valence-electron chi connectivity index (χ3n) is 1.66. The highest BCUT2D eigenvalue weighted by Gasteiger charge is 2.09. The van der Waals surface area contributed by atoms with Crippen molar-refractivity contribution in [1.29, 1.82) is 0 Å². The van der Waals surface area contributed by atoms with Crippen molar-refractivity contribution in [2.24, 2.45) is 5.73 Å². The van der Waals surface area contributed by atoms with Crippen molar-refractivity contribution in [3.05, 3.63) is 18.1 Å². The van der Waals surface area contributed by atoms with E-state index in [4.69, 9.17) is 5.73 Å². The number of nitrogens with one attached hydrogen (secondary N) is 1. The molecule has 1 aromatic rings. The number of hydrogen-bond donors (Lipinski definition) is 2. The maximum atomic E-state index is 10.7. The Morgan fingerprint density at radius 3 is 2.69 bits per heavy atom. The van der Waals surface area contributed by atoms with E-state index in [0.717, 1.165) is 5.69 Å². The molecule has 0 radical (unpaired) electrons. The van der Waals surface area contributed by atoms with Crippen LogP contribution in [0, 0.1) is 6.92 Å². The molecule has 0 saturated heterocycles. The minimum Gasteiger partial charge on any atom is -0.368 e. The molecule has 70 valence electrons. The van der Waals surface area contributed by atoms with Crippen LogP contribution in [-0.4, -0.2) is 21.9 Å². The van der Waals surface area contributed by atoms with Crippen molar-refractivity contribution in [3.8, 4) is 0 Å². The van der Waals surface area contributed by atoms with E-state index in [1.807, 2.05) is 6.92 Å². The fraction of sp³-hybridized carbons (Fsp3) is 0.375. The first-order valence-electron chi connectivity index (χ1n) is 3.94. The van der Waals surface area contributed by atoms with Gasteiger partial charge in [-0.2, -0.15) is 0 Å². The Bertz CT molecular complexity index is 313. The molecule has 1 unspecified atom stereocenters. The van der Waals surface area contributed by atoms with Gasteiger partial charge in [0.1, 0.15) is 11.9 Å².